The van der Waals surface area contributed by atoms with Crippen molar-refractivity contribution in [1.82, 2.24) is 10.2 Å². The molecule has 0 atom stereocenters. The second-order valence-electron chi connectivity index (χ2n) is 5.70. The number of amides is 1. The molecule has 0 aliphatic carbocycles. The summed E-state index contributed by atoms with van der Waals surface area (Å²) in [5, 5.41) is 3.16. The molecule has 0 radical (unpaired) electrons. The van der Waals surface area contributed by atoms with Gasteiger partial charge in [-0.05, 0) is 38.8 Å². The van der Waals surface area contributed by atoms with Gasteiger partial charge in [0.25, 0.3) is 0 Å². The van der Waals surface area contributed by atoms with E-state index in [0.717, 1.165) is 25.9 Å². The Labute approximate surface area is 134 Å². The van der Waals surface area contributed by atoms with E-state index in [1.165, 1.54) is 27.5 Å². The number of likely N-dealkylation sites (tertiary alicyclic amines) is 1. The zero-order chi connectivity index (χ0) is 15.7. The highest BCUT2D eigenvalue weighted by Gasteiger charge is 2.60. The summed E-state index contributed by atoms with van der Waals surface area (Å²) in [6, 6.07) is 0. The van der Waals surface area contributed by atoms with Crippen molar-refractivity contribution >= 4 is 32.3 Å². The van der Waals surface area contributed by atoms with E-state index in [0.29, 0.717) is 0 Å². The van der Waals surface area contributed by atoms with Crippen molar-refractivity contribution in [2.24, 2.45) is 11.3 Å². The molecule has 21 heavy (non-hydrogen) atoms. The number of carbonyl (C=O) groups is 2. The Morgan fingerprint density at radius 3 is 2.10 bits per heavy atom. The summed E-state index contributed by atoms with van der Waals surface area (Å²) in [5.74, 6) is -0.159. The van der Waals surface area contributed by atoms with Crippen LogP contribution in [0.25, 0.3) is 0 Å². The van der Waals surface area contributed by atoms with Crippen molar-refractivity contribution < 1.29 is 22.8 Å². The zero-order valence-electron chi connectivity index (χ0n) is 11.5. The van der Waals surface area contributed by atoms with Crippen LogP contribution >= 0.6 is 22.6 Å². The summed E-state index contributed by atoms with van der Waals surface area (Å²) in [7, 11) is 0. The highest BCUT2D eigenvalue weighted by Crippen LogP contribution is 2.48. The van der Waals surface area contributed by atoms with Crippen molar-refractivity contribution in [2.75, 3.05) is 26.2 Å². The summed E-state index contributed by atoms with van der Waals surface area (Å²) >= 11 is 1.24. The molecular weight excluding hydrogens is 400 g/mol. The molecule has 2 fully saturated rings. The summed E-state index contributed by atoms with van der Waals surface area (Å²) < 4.78 is 38.7. The Kier molecular flexibility index (Phi) is 5.17. The van der Waals surface area contributed by atoms with Crippen LogP contribution in [0.4, 0.5) is 13.2 Å². The van der Waals surface area contributed by atoms with Gasteiger partial charge in [-0.3, -0.25) is 9.59 Å². The number of piperidine rings is 2. The van der Waals surface area contributed by atoms with Gasteiger partial charge in [0.15, 0.2) is 0 Å². The van der Waals surface area contributed by atoms with Gasteiger partial charge >= 0.3 is 6.18 Å². The number of hydrogen-bond acceptors (Lipinski definition) is 3. The van der Waals surface area contributed by atoms with E-state index < -0.39 is 15.4 Å². The fraction of sp³-hybridized carbons (Fsp3) is 0.846. The van der Waals surface area contributed by atoms with Gasteiger partial charge in [0.05, 0.1) is 0 Å². The smallest absolute Gasteiger partial charge is 0.342 e. The summed E-state index contributed by atoms with van der Waals surface area (Å²) in [6.07, 6.45) is -3.74. The Bertz CT molecular complexity index is 414. The number of hydrogen-bond donors (Lipinski definition) is 1. The summed E-state index contributed by atoms with van der Waals surface area (Å²) in [6.45, 7) is 1.56. The van der Waals surface area contributed by atoms with Crippen molar-refractivity contribution in [3.05, 3.63) is 0 Å². The average molecular weight is 418 g/mol. The first-order valence-electron chi connectivity index (χ1n) is 7.04. The van der Waals surface area contributed by atoms with Crippen LogP contribution < -0.4 is 5.32 Å². The molecule has 2 rings (SSSR count). The van der Waals surface area contributed by atoms with Crippen molar-refractivity contribution in [2.45, 2.75) is 31.9 Å². The van der Waals surface area contributed by atoms with Crippen LogP contribution in [0.2, 0.25) is 0 Å². The average Bonchev–Trinajstić information content (AvgIpc) is 2.46. The maximum absolute atomic E-state index is 13.2. The highest BCUT2D eigenvalue weighted by molar-refractivity contribution is 14.1. The monoisotopic (exact) mass is 418 g/mol. The number of nitrogens with one attached hydrogen (secondary N) is 1. The fourth-order valence-electron chi connectivity index (χ4n) is 3.03. The first-order valence-corrected chi connectivity index (χ1v) is 8.12. The third-order valence-corrected chi connectivity index (χ3v) is 5.57. The van der Waals surface area contributed by atoms with Crippen LogP contribution in [0.3, 0.4) is 0 Å². The first-order chi connectivity index (χ1) is 9.78. The number of nitrogens with zero attached hydrogens (tertiary/aromatic N) is 1. The van der Waals surface area contributed by atoms with E-state index in [9.17, 15) is 22.8 Å². The lowest BCUT2D eigenvalue weighted by molar-refractivity contribution is -0.226. The quantitative estimate of drug-likeness (QED) is 0.553. The molecule has 120 valence electrons. The molecule has 2 heterocycles. The van der Waals surface area contributed by atoms with Crippen molar-refractivity contribution in [3.8, 4) is 0 Å². The molecule has 0 aromatic carbocycles. The summed E-state index contributed by atoms with van der Waals surface area (Å²) in [5.41, 5.74) is -2.28. The van der Waals surface area contributed by atoms with E-state index in [2.05, 4.69) is 5.32 Å². The molecule has 1 amide bonds. The van der Waals surface area contributed by atoms with Gasteiger partial charge in [0.1, 0.15) is 5.41 Å². The molecule has 2 aliphatic heterocycles. The molecule has 2 saturated heterocycles. The SMILES string of the molecule is O=C(C1CCNCC1)N1CCC(C(=O)I)(C(F)(F)F)CC1. The lowest BCUT2D eigenvalue weighted by Crippen LogP contribution is -2.53. The van der Waals surface area contributed by atoms with Crippen LogP contribution in [-0.2, 0) is 9.59 Å². The molecule has 0 spiro atoms. The Hall–Kier alpha value is -0.380. The van der Waals surface area contributed by atoms with E-state index in [1.54, 1.807) is 0 Å². The first kappa shape index (κ1) is 17.0. The minimum atomic E-state index is -4.55. The second-order valence-corrected chi connectivity index (χ2v) is 6.68. The molecule has 8 heteroatoms. The maximum atomic E-state index is 13.2. The molecule has 0 unspecified atom stereocenters. The number of alkyl halides is 3. The largest absolute Gasteiger partial charge is 0.402 e. The minimum absolute atomic E-state index is 0.0109. The minimum Gasteiger partial charge on any atom is -0.342 e. The standard InChI is InChI=1S/C13H18F3IN2O2/c14-13(15,16)12(11(17)21)3-7-19(8-4-12)10(20)9-1-5-18-6-2-9/h9,18H,1-8H2. The summed E-state index contributed by atoms with van der Waals surface area (Å²) in [4.78, 5) is 25.3. The van der Waals surface area contributed by atoms with E-state index in [4.69, 9.17) is 0 Å². The predicted molar refractivity (Wildman–Crippen MR) is 78.9 cm³/mol. The van der Waals surface area contributed by atoms with E-state index >= 15 is 0 Å². The molecule has 0 saturated carbocycles. The number of carbonyl (C=O) groups excluding carboxylic acids is 2. The van der Waals surface area contributed by atoms with Gasteiger partial charge < -0.3 is 10.2 Å². The molecule has 0 aromatic rings. The van der Waals surface area contributed by atoms with Crippen molar-refractivity contribution in [3.63, 3.8) is 0 Å². The van der Waals surface area contributed by atoms with Crippen LogP contribution in [-0.4, -0.2) is 47.0 Å². The molecule has 0 aromatic heterocycles. The predicted octanol–water partition coefficient (Wildman–Crippen LogP) is 2.12. The fourth-order valence-corrected chi connectivity index (χ4v) is 3.87. The molecule has 4 nitrogen and oxygen atoms in total. The van der Waals surface area contributed by atoms with Crippen LogP contribution in [0, 0.1) is 11.3 Å². The topological polar surface area (TPSA) is 49.4 Å². The van der Waals surface area contributed by atoms with Crippen LogP contribution in [0.1, 0.15) is 25.7 Å². The molecular formula is C13H18F3IN2O2. The normalized spacial score (nSPS) is 23.9. The second kappa shape index (κ2) is 6.39. The van der Waals surface area contributed by atoms with Gasteiger partial charge in [-0.25, -0.2) is 0 Å². The Morgan fingerprint density at radius 2 is 1.67 bits per heavy atom. The van der Waals surface area contributed by atoms with Crippen molar-refractivity contribution in [1.29, 1.82) is 0 Å². The van der Waals surface area contributed by atoms with Gasteiger partial charge in [0, 0.05) is 41.6 Å². The lowest BCUT2D eigenvalue weighted by Gasteiger charge is -2.41. The highest BCUT2D eigenvalue weighted by atomic mass is 127. The van der Waals surface area contributed by atoms with Crippen LogP contribution in [0.5, 0.6) is 0 Å². The Morgan fingerprint density at radius 1 is 1.14 bits per heavy atom. The number of halogens is 4. The zero-order valence-corrected chi connectivity index (χ0v) is 13.7. The molecule has 2 aliphatic rings. The maximum Gasteiger partial charge on any atom is 0.402 e. The van der Waals surface area contributed by atoms with Gasteiger partial charge in [-0.2, -0.15) is 13.2 Å². The van der Waals surface area contributed by atoms with Gasteiger partial charge in [-0.1, -0.05) is 0 Å². The molecule has 0 bridgehead atoms. The van der Waals surface area contributed by atoms with E-state index in [-0.39, 0.29) is 37.8 Å². The number of rotatable bonds is 2. The Balaban J connectivity index is 2.01. The molecule has 1 N–H and O–H groups in total. The van der Waals surface area contributed by atoms with Gasteiger partial charge in [-0.15, -0.1) is 0 Å². The third kappa shape index (κ3) is 3.35. The van der Waals surface area contributed by atoms with E-state index in [1.807, 2.05) is 0 Å². The van der Waals surface area contributed by atoms with Crippen LogP contribution in [0.15, 0.2) is 0 Å². The van der Waals surface area contributed by atoms with Gasteiger partial charge in [0.2, 0.25) is 9.70 Å². The lowest BCUT2D eigenvalue weighted by atomic mass is 9.78. The third-order valence-electron chi connectivity index (χ3n) is 4.54.